The first-order valence-corrected chi connectivity index (χ1v) is 8.82. The Labute approximate surface area is 161 Å². The van der Waals surface area contributed by atoms with E-state index in [1.54, 1.807) is 29.9 Å². The molecule has 0 aliphatic carbocycles. The van der Waals surface area contributed by atoms with Crippen molar-refractivity contribution < 1.29 is 9.13 Å². The van der Waals surface area contributed by atoms with E-state index in [9.17, 15) is 4.39 Å². The molecule has 3 heterocycles. The van der Waals surface area contributed by atoms with Crippen LogP contribution in [0.3, 0.4) is 0 Å². The van der Waals surface area contributed by atoms with Gasteiger partial charge in [-0.05, 0) is 23.6 Å². The van der Waals surface area contributed by atoms with Gasteiger partial charge in [0.2, 0.25) is 5.88 Å². The number of hydrogen-bond donors (Lipinski definition) is 0. The minimum absolute atomic E-state index is 0.208. The molecule has 0 bridgehead atoms. The first kappa shape index (κ1) is 18.0. The fourth-order valence-corrected chi connectivity index (χ4v) is 2.86. The monoisotopic (exact) mass is 381 g/mol. The third-order valence-electron chi connectivity index (χ3n) is 4.42. The second-order valence-electron chi connectivity index (χ2n) is 7.48. The Hall–Kier alpha value is -3.36. The summed E-state index contributed by atoms with van der Waals surface area (Å²) < 4.78 is 23.3. The molecule has 0 amide bonds. The van der Waals surface area contributed by atoms with Gasteiger partial charge in [0.25, 0.3) is 0 Å². The predicted octanol–water partition coefficient (Wildman–Crippen LogP) is 2.96. The van der Waals surface area contributed by atoms with Gasteiger partial charge in [-0.25, -0.2) is 9.37 Å². The van der Waals surface area contributed by atoms with Crippen LogP contribution in [-0.2, 0) is 19.1 Å². The maximum Gasteiger partial charge on any atom is 0.219 e. The Morgan fingerprint density at radius 2 is 1.96 bits per heavy atom. The van der Waals surface area contributed by atoms with Gasteiger partial charge in [0, 0.05) is 12.6 Å². The molecule has 0 unspecified atom stereocenters. The molecule has 1 aromatic carbocycles. The van der Waals surface area contributed by atoms with Crippen LogP contribution in [-0.4, -0.2) is 34.7 Å². The Morgan fingerprint density at radius 3 is 2.64 bits per heavy atom. The summed E-state index contributed by atoms with van der Waals surface area (Å²) in [5, 5.41) is 12.3. The van der Waals surface area contributed by atoms with E-state index in [4.69, 9.17) is 4.74 Å². The van der Waals surface area contributed by atoms with Crippen molar-refractivity contribution >= 4 is 11.2 Å². The number of aromatic nitrogens is 7. The molecule has 4 rings (SSSR count). The molecule has 0 fully saturated rings. The van der Waals surface area contributed by atoms with Crippen molar-refractivity contribution in [2.75, 3.05) is 0 Å². The van der Waals surface area contributed by atoms with Gasteiger partial charge >= 0.3 is 0 Å². The van der Waals surface area contributed by atoms with E-state index in [2.05, 4.69) is 46.1 Å². The second kappa shape index (κ2) is 6.66. The van der Waals surface area contributed by atoms with E-state index >= 15 is 0 Å². The van der Waals surface area contributed by atoms with Gasteiger partial charge in [0.05, 0.1) is 0 Å². The molecule has 4 aromatic rings. The van der Waals surface area contributed by atoms with Gasteiger partial charge in [0.15, 0.2) is 11.5 Å². The SMILES string of the molecule is Cn1ncnc1COc1nc2c(cc1C(C)(C)C)nnn2-c1ccccc1F. The van der Waals surface area contributed by atoms with E-state index in [1.165, 1.54) is 17.1 Å². The highest BCUT2D eigenvalue weighted by Gasteiger charge is 2.24. The molecule has 8 nitrogen and oxygen atoms in total. The zero-order valence-electron chi connectivity index (χ0n) is 16.1. The number of ether oxygens (including phenoxy) is 1. The Morgan fingerprint density at radius 1 is 1.18 bits per heavy atom. The average molecular weight is 381 g/mol. The quantitative estimate of drug-likeness (QED) is 0.540. The number of halogens is 1. The first-order chi connectivity index (χ1) is 13.3. The van der Waals surface area contributed by atoms with Crippen LogP contribution in [0, 0.1) is 5.82 Å². The van der Waals surface area contributed by atoms with Crippen LogP contribution in [0.5, 0.6) is 5.88 Å². The van der Waals surface area contributed by atoms with Crippen molar-refractivity contribution in [1.82, 2.24) is 34.7 Å². The third-order valence-corrected chi connectivity index (χ3v) is 4.42. The second-order valence-corrected chi connectivity index (χ2v) is 7.48. The molecule has 3 aromatic heterocycles. The fraction of sp³-hybridized carbons (Fsp3) is 0.316. The summed E-state index contributed by atoms with van der Waals surface area (Å²) in [7, 11) is 1.80. The summed E-state index contributed by atoms with van der Waals surface area (Å²) in [6.45, 7) is 6.39. The standard InChI is InChI=1S/C19H20FN7O/c1-19(2,3)12-9-14-17(23-18(12)28-10-16-21-11-22-26(16)4)27(25-24-14)15-8-6-5-7-13(15)20/h5-9,11H,10H2,1-4H3. The maximum atomic E-state index is 14.3. The summed E-state index contributed by atoms with van der Waals surface area (Å²) in [5.74, 6) is 0.697. The molecule has 9 heteroatoms. The van der Waals surface area contributed by atoms with Crippen LogP contribution in [0.2, 0.25) is 0 Å². The largest absolute Gasteiger partial charge is 0.469 e. The first-order valence-electron chi connectivity index (χ1n) is 8.82. The van der Waals surface area contributed by atoms with Gasteiger partial charge in [-0.15, -0.1) is 5.10 Å². The van der Waals surface area contributed by atoms with Crippen molar-refractivity contribution in [3.63, 3.8) is 0 Å². The number of para-hydroxylation sites is 1. The number of benzene rings is 1. The molecule has 0 radical (unpaired) electrons. The van der Waals surface area contributed by atoms with Crippen LogP contribution in [0.4, 0.5) is 4.39 Å². The van der Waals surface area contributed by atoms with Crippen LogP contribution in [0.25, 0.3) is 16.9 Å². The topological polar surface area (TPSA) is 83.5 Å². The Kier molecular flexibility index (Phi) is 4.29. The van der Waals surface area contributed by atoms with E-state index in [-0.39, 0.29) is 17.7 Å². The van der Waals surface area contributed by atoms with E-state index < -0.39 is 5.82 Å². The molecule has 0 saturated carbocycles. The van der Waals surface area contributed by atoms with Crippen molar-refractivity contribution in [1.29, 1.82) is 0 Å². The number of nitrogens with zero attached hydrogens (tertiary/aromatic N) is 7. The lowest BCUT2D eigenvalue weighted by Crippen LogP contribution is -2.16. The number of pyridine rings is 1. The molecular formula is C19H20FN7O. The summed E-state index contributed by atoms with van der Waals surface area (Å²) in [5.41, 5.74) is 1.91. The van der Waals surface area contributed by atoms with Gasteiger partial charge in [0.1, 0.15) is 30.0 Å². The number of fused-ring (bicyclic) bond motifs is 1. The molecule has 0 saturated heterocycles. The highest BCUT2D eigenvalue weighted by Crippen LogP contribution is 2.33. The normalized spacial score (nSPS) is 11.9. The molecule has 0 spiro atoms. The molecule has 0 atom stereocenters. The van der Waals surface area contributed by atoms with Crippen LogP contribution >= 0.6 is 0 Å². The number of hydrogen-bond acceptors (Lipinski definition) is 6. The van der Waals surface area contributed by atoms with E-state index in [0.717, 1.165) is 5.56 Å². The number of rotatable bonds is 4. The van der Waals surface area contributed by atoms with Crippen LogP contribution < -0.4 is 4.74 Å². The highest BCUT2D eigenvalue weighted by atomic mass is 19.1. The summed E-state index contributed by atoms with van der Waals surface area (Å²) in [6.07, 6.45) is 1.47. The minimum Gasteiger partial charge on any atom is -0.469 e. The zero-order chi connectivity index (χ0) is 19.9. The lowest BCUT2D eigenvalue weighted by Gasteiger charge is -2.21. The number of aryl methyl sites for hydroxylation is 1. The average Bonchev–Trinajstić information content (AvgIpc) is 3.24. The van der Waals surface area contributed by atoms with Gasteiger partial charge < -0.3 is 4.74 Å². The van der Waals surface area contributed by atoms with Crippen molar-refractivity contribution in [3.05, 3.63) is 53.9 Å². The van der Waals surface area contributed by atoms with Gasteiger partial charge in [-0.2, -0.15) is 14.8 Å². The van der Waals surface area contributed by atoms with Gasteiger partial charge in [-0.1, -0.05) is 38.1 Å². The molecule has 28 heavy (non-hydrogen) atoms. The van der Waals surface area contributed by atoms with Crippen LogP contribution in [0.15, 0.2) is 36.7 Å². The third kappa shape index (κ3) is 3.19. The van der Waals surface area contributed by atoms with Crippen LogP contribution in [0.1, 0.15) is 32.2 Å². The molecule has 144 valence electrons. The fourth-order valence-electron chi connectivity index (χ4n) is 2.86. The lowest BCUT2D eigenvalue weighted by molar-refractivity contribution is 0.271. The molecule has 0 N–H and O–H groups in total. The molecular weight excluding hydrogens is 361 g/mol. The molecule has 0 aliphatic heterocycles. The van der Waals surface area contributed by atoms with Crippen molar-refractivity contribution in [2.24, 2.45) is 7.05 Å². The smallest absolute Gasteiger partial charge is 0.219 e. The van der Waals surface area contributed by atoms with E-state index in [1.807, 2.05) is 6.07 Å². The van der Waals surface area contributed by atoms with Crippen molar-refractivity contribution in [2.45, 2.75) is 32.8 Å². The molecule has 0 aliphatic rings. The lowest BCUT2D eigenvalue weighted by atomic mass is 9.87. The minimum atomic E-state index is -0.405. The Balaban J connectivity index is 1.82. The maximum absolute atomic E-state index is 14.3. The summed E-state index contributed by atoms with van der Waals surface area (Å²) in [6, 6.07) is 8.25. The van der Waals surface area contributed by atoms with Gasteiger partial charge in [-0.3, -0.25) is 4.68 Å². The van der Waals surface area contributed by atoms with E-state index in [0.29, 0.717) is 22.9 Å². The summed E-state index contributed by atoms with van der Waals surface area (Å²) >= 11 is 0. The highest BCUT2D eigenvalue weighted by molar-refractivity contribution is 5.74. The summed E-state index contributed by atoms with van der Waals surface area (Å²) in [4.78, 5) is 8.81. The zero-order valence-corrected chi connectivity index (χ0v) is 16.1. The predicted molar refractivity (Wildman–Crippen MR) is 101 cm³/mol. The van der Waals surface area contributed by atoms with Crippen molar-refractivity contribution in [3.8, 4) is 11.6 Å². The Bertz CT molecular complexity index is 1140.